The van der Waals surface area contributed by atoms with E-state index in [2.05, 4.69) is 81.2 Å². The van der Waals surface area contributed by atoms with Crippen molar-refractivity contribution in [3.63, 3.8) is 0 Å². The summed E-state index contributed by atoms with van der Waals surface area (Å²) < 4.78 is 0. The van der Waals surface area contributed by atoms with Gasteiger partial charge in [0.2, 0.25) is 0 Å². The largest absolute Gasteiger partial charge is 0.103 e. The van der Waals surface area contributed by atoms with Gasteiger partial charge in [0.25, 0.3) is 0 Å². The van der Waals surface area contributed by atoms with Crippen LogP contribution < -0.4 is 0 Å². The second-order valence-electron chi connectivity index (χ2n) is 7.31. The van der Waals surface area contributed by atoms with Gasteiger partial charge in [-0.25, -0.2) is 0 Å². The van der Waals surface area contributed by atoms with Crippen LogP contribution in [-0.4, -0.2) is 0 Å². The fraction of sp³-hybridized carbons (Fsp3) is 0.630. The Morgan fingerprint density at radius 1 is 0.778 bits per heavy atom. The number of hydrogen-bond acceptors (Lipinski definition) is 0. The molecule has 0 fully saturated rings. The molecule has 160 valence electrons. The third-order valence-electron chi connectivity index (χ3n) is 3.81. The summed E-state index contributed by atoms with van der Waals surface area (Å²) in [4.78, 5) is 0. The predicted molar refractivity (Wildman–Crippen MR) is 133 cm³/mol. The third-order valence-corrected chi connectivity index (χ3v) is 3.81. The minimum Gasteiger partial charge on any atom is -0.103 e. The molecular weight excluding hydrogens is 324 g/mol. The minimum atomic E-state index is 1.11. The van der Waals surface area contributed by atoms with Crippen LogP contribution in [0.1, 0.15) is 114 Å². The number of allylic oxidation sites excluding steroid dienone is 7. The molecule has 0 radical (unpaired) electrons. The predicted octanol–water partition coefficient (Wildman–Crippen LogP) is 10.4. The van der Waals surface area contributed by atoms with Crippen LogP contribution in [0.4, 0.5) is 0 Å². The van der Waals surface area contributed by atoms with Crippen LogP contribution in [0.3, 0.4) is 0 Å². The average molecular weight is 377 g/mol. The van der Waals surface area contributed by atoms with Crippen LogP contribution in [0.5, 0.6) is 0 Å². The fourth-order valence-corrected chi connectivity index (χ4v) is 1.58. The summed E-state index contributed by atoms with van der Waals surface area (Å²) in [6.45, 7) is 32.3. The van der Waals surface area contributed by atoms with Gasteiger partial charge in [0.05, 0.1) is 0 Å². The van der Waals surface area contributed by atoms with E-state index < -0.39 is 0 Å². The van der Waals surface area contributed by atoms with Crippen molar-refractivity contribution in [2.45, 2.75) is 114 Å². The molecule has 0 spiro atoms. The van der Waals surface area contributed by atoms with Crippen molar-refractivity contribution in [1.29, 1.82) is 0 Å². The van der Waals surface area contributed by atoms with Gasteiger partial charge in [-0.05, 0) is 60.0 Å². The molecule has 27 heavy (non-hydrogen) atoms. The Morgan fingerprint density at radius 2 is 1.15 bits per heavy atom. The molecule has 0 bridgehead atoms. The van der Waals surface area contributed by atoms with Gasteiger partial charge in [-0.2, -0.15) is 0 Å². The van der Waals surface area contributed by atoms with Crippen molar-refractivity contribution in [2.75, 3.05) is 0 Å². The van der Waals surface area contributed by atoms with Crippen molar-refractivity contribution in [3.05, 3.63) is 59.8 Å². The van der Waals surface area contributed by atoms with E-state index in [0.717, 1.165) is 12.8 Å². The van der Waals surface area contributed by atoms with E-state index in [9.17, 15) is 0 Å². The van der Waals surface area contributed by atoms with E-state index in [4.69, 9.17) is 0 Å². The number of rotatable bonds is 8. The van der Waals surface area contributed by atoms with Crippen LogP contribution in [-0.2, 0) is 0 Å². The standard InChI is InChI=1S/C13H22.C6H14.C5H10.C3H6/c1-7-8-13(11(4)5)9-12(6)10(2)3;1-3-5-6-4-2;1-4-5(2)3;1-3-2/h9H,4,7-8H2,1-3,5-6H3;3-6H2,1-2H3;2,4H2,1,3H3;3H,1H2,2H3/b13-9-;;;. The summed E-state index contributed by atoms with van der Waals surface area (Å²) in [6.07, 6.45) is 13.0. The van der Waals surface area contributed by atoms with Gasteiger partial charge < -0.3 is 0 Å². The summed E-state index contributed by atoms with van der Waals surface area (Å²) in [5, 5.41) is 0. The zero-order valence-electron chi connectivity index (χ0n) is 20.7. The van der Waals surface area contributed by atoms with Crippen LogP contribution in [0.25, 0.3) is 0 Å². The molecule has 0 aromatic heterocycles. The first-order valence-corrected chi connectivity index (χ1v) is 10.8. The van der Waals surface area contributed by atoms with Crippen LogP contribution in [0.15, 0.2) is 59.8 Å². The van der Waals surface area contributed by atoms with E-state index in [-0.39, 0.29) is 0 Å². The maximum absolute atomic E-state index is 4.00. The Morgan fingerprint density at radius 3 is 1.33 bits per heavy atom. The maximum atomic E-state index is 4.00. The maximum Gasteiger partial charge on any atom is -0.0279 e. The van der Waals surface area contributed by atoms with Crippen LogP contribution in [0, 0.1) is 0 Å². The number of unbranched alkanes of at least 4 members (excludes halogenated alkanes) is 3. The zero-order valence-corrected chi connectivity index (χ0v) is 20.7. The van der Waals surface area contributed by atoms with Crippen LogP contribution >= 0.6 is 0 Å². The second-order valence-corrected chi connectivity index (χ2v) is 7.31. The highest BCUT2D eigenvalue weighted by Gasteiger charge is 1.97. The first-order chi connectivity index (χ1) is 12.6. The second kappa shape index (κ2) is 26.9. The lowest BCUT2D eigenvalue weighted by atomic mass is 10.0. The minimum absolute atomic E-state index is 1.11. The monoisotopic (exact) mass is 376 g/mol. The first-order valence-electron chi connectivity index (χ1n) is 10.8. The van der Waals surface area contributed by atoms with Gasteiger partial charge >= 0.3 is 0 Å². The van der Waals surface area contributed by atoms with E-state index in [1.54, 1.807) is 6.08 Å². The topological polar surface area (TPSA) is 0 Å². The van der Waals surface area contributed by atoms with Gasteiger partial charge in [-0.1, -0.05) is 101 Å². The molecule has 0 aromatic rings. The molecule has 0 heterocycles. The SMILES string of the molecule is C=C(C)/C(=C\C(C)=C(C)C)CCC.C=C(C)CC.C=CC.CCCCCC. The highest BCUT2D eigenvalue weighted by Crippen LogP contribution is 2.17. The highest BCUT2D eigenvalue weighted by molar-refractivity contribution is 5.35. The molecule has 0 aliphatic rings. The number of hydrogen-bond donors (Lipinski definition) is 0. The Labute approximate surface area is 174 Å². The van der Waals surface area contributed by atoms with E-state index in [1.165, 1.54) is 60.0 Å². The molecule has 0 rings (SSSR count). The molecule has 0 aliphatic carbocycles. The summed E-state index contributed by atoms with van der Waals surface area (Å²) in [5.74, 6) is 0. The molecule has 0 aromatic carbocycles. The Balaban J connectivity index is -0.000000156. The smallest absolute Gasteiger partial charge is 0.0279 e. The molecular formula is C27H52. The molecule has 0 aliphatic heterocycles. The summed E-state index contributed by atoms with van der Waals surface area (Å²) >= 11 is 0. The zero-order chi connectivity index (χ0) is 22.3. The van der Waals surface area contributed by atoms with E-state index in [1.807, 2.05) is 13.8 Å². The van der Waals surface area contributed by atoms with Crippen LogP contribution in [0.2, 0.25) is 0 Å². The van der Waals surface area contributed by atoms with Gasteiger partial charge in [0, 0.05) is 0 Å². The van der Waals surface area contributed by atoms with Gasteiger partial charge in [0.15, 0.2) is 0 Å². The van der Waals surface area contributed by atoms with E-state index >= 15 is 0 Å². The lowest BCUT2D eigenvalue weighted by Gasteiger charge is -2.06. The van der Waals surface area contributed by atoms with Gasteiger partial charge in [0.1, 0.15) is 0 Å². The lowest BCUT2D eigenvalue weighted by molar-refractivity contribution is 0.702. The molecule has 0 atom stereocenters. The Bertz CT molecular complexity index is 407. The van der Waals surface area contributed by atoms with Crippen molar-refractivity contribution >= 4 is 0 Å². The highest BCUT2D eigenvalue weighted by atomic mass is 14.0. The molecule has 0 nitrogen and oxygen atoms in total. The molecule has 0 N–H and O–H groups in total. The summed E-state index contributed by atoms with van der Waals surface area (Å²) in [7, 11) is 0. The molecule has 0 saturated heterocycles. The quantitative estimate of drug-likeness (QED) is 0.224. The normalized spacial score (nSPS) is 9.33. The van der Waals surface area contributed by atoms with Gasteiger partial charge in [-0.3, -0.25) is 0 Å². The average Bonchev–Trinajstić information content (AvgIpc) is 2.60. The van der Waals surface area contributed by atoms with E-state index in [0.29, 0.717) is 0 Å². The first kappa shape index (κ1) is 33.3. The Kier molecular flexibility index (Phi) is 33.2. The fourth-order valence-electron chi connectivity index (χ4n) is 1.58. The molecule has 0 amide bonds. The summed E-state index contributed by atoms with van der Waals surface area (Å²) in [5.41, 5.74) is 6.59. The van der Waals surface area contributed by atoms with Crippen molar-refractivity contribution in [2.24, 2.45) is 0 Å². The van der Waals surface area contributed by atoms with Gasteiger partial charge in [-0.15, -0.1) is 13.2 Å². The Hall–Kier alpha value is -1.30. The lowest BCUT2D eigenvalue weighted by Crippen LogP contribution is -1.86. The third kappa shape index (κ3) is 36.4. The van der Waals surface area contributed by atoms with Crippen molar-refractivity contribution in [1.82, 2.24) is 0 Å². The summed E-state index contributed by atoms with van der Waals surface area (Å²) in [6, 6.07) is 0. The molecule has 0 saturated carbocycles. The molecule has 0 unspecified atom stereocenters. The molecule has 0 heteroatoms. The van der Waals surface area contributed by atoms with Crippen molar-refractivity contribution in [3.8, 4) is 0 Å². The van der Waals surface area contributed by atoms with Crippen molar-refractivity contribution < 1.29 is 0 Å².